The van der Waals surface area contributed by atoms with E-state index in [1.807, 2.05) is 37.3 Å². The number of carbonyl (C=O) groups is 3. The van der Waals surface area contributed by atoms with Gasteiger partial charge in [-0.15, -0.1) is 0 Å². The molecular weight excluding hydrogens is 310 g/mol. The van der Waals surface area contributed by atoms with Gasteiger partial charge < -0.3 is 15.0 Å². The van der Waals surface area contributed by atoms with Crippen molar-refractivity contribution in [1.82, 2.24) is 15.5 Å². The molecule has 2 saturated heterocycles. The number of para-hydroxylation sites is 1. The molecule has 1 spiro atoms. The Labute approximate surface area is 140 Å². The van der Waals surface area contributed by atoms with Crippen LogP contribution in [-0.2, 0) is 9.59 Å². The Morgan fingerprint density at radius 3 is 2.46 bits per heavy atom. The monoisotopic (exact) mass is 331 g/mol. The third-order valence-corrected chi connectivity index (χ3v) is 4.61. The zero-order valence-electron chi connectivity index (χ0n) is 13.6. The molecule has 7 nitrogen and oxygen atoms in total. The van der Waals surface area contributed by atoms with E-state index in [0.29, 0.717) is 38.1 Å². The van der Waals surface area contributed by atoms with Crippen molar-refractivity contribution in [2.75, 3.05) is 13.1 Å². The predicted octanol–water partition coefficient (Wildman–Crippen LogP) is 1.04. The highest BCUT2D eigenvalue weighted by Gasteiger charge is 2.48. The van der Waals surface area contributed by atoms with Crippen LogP contribution in [0.2, 0.25) is 0 Å². The van der Waals surface area contributed by atoms with E-state index in [1.54, 1.807) is 4.90 Å². The minimum atomic E-state index is -0.865. The normalized spacial score (nSPS) is 20.5. The Balaban J connectivity index is 1.61. The lowest BCUT2D eigenvalue weighted by Crippen LogP contribution is -2.57. The van der Waals surface area contributed by atoms with Crippen molar-refractivity contribution in [3.05, 3.63) is 30.3 Å². The molecule has 24 heavy (non-hydrogen) atoms. The van der Waals surface area contributed by atoms with Crippen LogP contribution in [0.3, 0.4) is 0 Å². The van der Waals surface area contributed by atoms with Crippen LogP contribution in [0, 0.1) is 0 Å². The van der Waals surface area contributed by atoms with Gasteiger partial charge >= 0.3 is 6.03 Å². The highest BCUT2D eigenvalue weighted by atomic mass is 16.5. The van der Waals surface area contributed by atoms with E-state index in [1.165, 1.54) is 0 Å². The summed E-state index contributed by atoms with van der Waals surface area (Å²) >= 11 is 0. The Morgan fingerprint density at radius 1 is 1.25 bits per heavy atom. The molecular formula is C17H21N3O4. The zero-order chi connectivity index (χ0) is 17.2. The standard InChI is InChI=1S/C17H21N3O4/c1-2-13(24-12-6-4-3-5-7-12)14(21)20-10-8-17(9-11-20)15(22)18-16(23)19-17/h3-7,13H,2,8-11H2,1H3,(H2,18,19,22,23). The van der Waals surface area contributed by atoms with Gasteiger partial charge in [0, 0.05) is 13.1 Å². The average Bonchev–Trinajstić information content (AvgIpc) is 2.87. The van der Waals surface area contributed by atoms with Crippen molar-refractivity contribution in [3.8, 4) is 5.75 Å². The molecule has 3 rings (SSSR count). The number of ether oxygens (including phenoxy) is 1. The van der Waals surface area contributed by atoms with Crippen molar-refractivity contribution >= 4 is 17.8 Å². The summed E-state index contributed by atoms with van der Waals surface area (Å²) in [6.45, 7) is 2.74. The maximum absolute atomic E-state index is 12.7. The minimum absolute atomic E-state index is 0.0825. The van der Waals surface area contributed by atoms with Crippen molar-refractivity contribution in [3.63, 3.8) is 0 Å². The molecule has 2 fully saturated rings. The molecule has 0 aliphatic carbocycles. The average molecular weight is 331 g/mol. The molecule has 0 saturated carbocycles. The predicted molar refractivity (Wildman–Crippen MR) is 86.4 cm³/mol. The molecule has 2 aliphatic rings. The summed E-state index contributed by atoms with van der Waals surface area (Å²) < 4.78 is 5.79. The number of hydrogen-bond donors (Lipinski definition) is 2. The largest absolute Gasteiger partial charge is 0.481 e. The first-order chi connectivity index (χ1) is 11.5. The topological polar surface area (TPSA) is 87.7 Å². The summed E-state index contributed by atoms with van der Waals surface area (Å²) in [4.78, 5) is 37.7. The number of carbonyl (C=O) groups excluding carboxylic acids is 3. The molecule has 1 aromatic rings. The Morgan fingerprint density at radius 2 is 1.92 bits per heavy atom. The van der Waals surface area contributed by atoms with E-state index in [4.69, 9.17) is 4.74 Å². The summed E-state index contributed by atoms with van der Waals surface area (Å²) in [6, 6.07) is 8.79. The van der Waals surface area contributed by atoms with Crippen LogP contribution in [0.25, 0.3) is 0 Å². The second-order valence-electron chi connectivity index (χ2n) is 6.14. The molecule has 0 radical (unpaired) electrons. The van der Waals surface area contributed by atoms with Crippen molar-refractivity contribution in [2.24, 2.45) is 0 Å². The fourth-order valence-corrected chi connectivity index (χ4v) is 3.16. The van der Waals surface area contributed by atoms with Gasteiger partial charge in [-0.25, -0.2) is 4.79 Å². The number of hydrogen-bond acceptors (Lipinski definition) is 4. The first kappa shape index (κ1) is 16.3. The van der Waals surface area contributed by atoms with Gasteiger partial charge in [-0.3, -0.25) is 14.9 Å². The molecule has 2 heterocycles. The fourth-order valence-electron chi connectivity index (χ4n) is 3.16. The van der Waals surface area contributed by atoms with Gasteiger partial charge in [0.25, 0.3) is 11.8 Å². The zero-order valence-corrected chi connectivity index (χ0v) is 13.6. The Bertz CT molecular complexity index is 638. The van der Waals surface area contributed by atoms with Gasteiger partial charge in [0.2, 0.25) is 0 Å². The van der Waals surface area contributed by atoms with Gasteiger partial charge in [0.1, 0.15) is 11.3 Å². The molecule has 0 aromatic heterocycles. The SMILES string of the molecule is CCC(Oc1ccccc1)C(=O)N1CCC2(CC1)NC(=O)NC2=O. The van der Waals surface area contributed by atoms with Crippen molar-refractivity contribution < 1.29 is 19.1 Å². The lowest BCUT2D eigenvalue weighted by molar-refractivity contribution is -0.142. The number of rotatable bonds is 4. The Hall–Kier alpha value is -2.57. The van der Waals surface area contributed by atoms with Crippen LogP contribution in [-0.4, -0.2) is 47.5 Å². The highest BCUT2D eigenvalue weighted by Crippen LogP contribution is 2.26. The van der Waals surface area contributed by atoms with Crippen molar-refractivity contribution in [1.29, 1.82) is 0 Å². The van der Waals surface area contributed by atoms with Gasteiger partial charge in [-0.05, 0) is 31.4 Å². The van der Waals surface area contributed by atoms with Gasteiger partial charge in [0.15, 0.2) is 6.10 Å². The summed E-state index contributed by atoms with van der Waals surface area (Å²) in [6.07, 6.45) is 0.844. The number of nitrogens with zero attached hydrogens (tertiary/aromatic N) is 1. The first-order valence-corrected chi connectivity index (χ1v) is 8.18. The van der Waals surface area contributed by atoms with Gasteiger partial charge in [0.05, 0.1) is 0 Å². The fraction of sp³-hybridized carbons (Fsp3) is 0.471. The van der Waals surface area contributed by atoms with E-state index in [0.717, 1.165) is 0 Å². The second-order valence-corrected chi connectivity index (χ2v) is 6.14. The molecule has 1 atom stereocenters. The van der Waals surface area contributed by atoms with E-state index in [2.05, 4.69) is 10.6 Å². The highest BCUT2D eigenvalue weighted by molar-refractivity contribution is 6.07. The number of amides is 4. The van der Waals surface area contributed by atoms with Gasteiger partial charge in [-0.1, -0.05) is 25.1 Å². The molecule has 0 bridgehead atoms. The molecule has 7 heteroatoms. The smallest absolute Gasteiger partial charge is 0.322 e. The third kappa shape index (κ3) is 3.06. The summed E-state index contributed by atoms with van der Waals surface area (Å²) in [7, 11) is 0. The maximum atomic E-state index is 12.7. The quantitative estimate of drug-likeness (QED) is 0.807. The molecule has 4 amide bonds. The van der Waals surface area contributed by atoms with E-state index in [9.17, 15) is 14.4 Å². The summed E-state index contributed by atoms with van der Waals surface area (Å²) in [5, 5.41) is 4.96. The molecule has 2 aliphatic heterocycles. The van der Waals surface area contributed by atoms with Gasteiger partial charge in [-0.2, -0.15) is 0 Å². The van der Waals surface area contributed by atoms with Crippen LogP contribution in [0.15, 0.2) is 30.3 Å². The summed E-state index contributed by atoms with van der Waals surface area (Å²) in [5.74, 6) is 0.279. The third-order valence-electron chi connectivity index (χ3n) is 4.61. The van der Waals surface area contributed by atoms with E-state index >= 15 is 0 Å². The number of piperidine rings is 1. The molecule has 2 N–H and O–H groups in total. The van der Waals surface area contributed by atoms with Crippen LogP contribution in [0.1, 0.15) is 26.2 Å². The number of likely N-dealkylation sites (tertiary alicyclic amines) is 1. The number of nitrogens with one attached hydrogen (secondary N) is 2. The van der Waals surface area contributed by atoms with Crippen LogP contribution in [0.4, 0.5) is 4.79 Å². The molecule has 1 unspecified atom stereocenters. The number of urea groups is 1. The second kappa shape index (κ2) is 6.51. The molecule has 1 aromatic carbocycles. The maximum Gasteiger partial charge on any atom is 0.322 e. The number of imide groups is 1. The minimum Gasteiger partial charge on any atom is -0.481 e. The lowest BCUT2D eigenvalue weighted by atomic mass is 9.87. The van der Waals surface area contributed by atoms with Crippen LogP contribution in [0.5, 0.6) is 5.75 Å². The number of benzene rings is 1. The van der Waals surface area contributed by atoms with E-state index in [-0.39, 0.29) is 11.8 Å². The lowest BCUT2D eigenvalue weighted by Gasteiger charge is -2.38. The summed E-state index contributed by atoms with van der Waals surface area (Å²) in [5.41, 5.74) is -0.865. The molecule has 128 valence electrons. The Kier molecular flexibility index (Phi) is 4.42. The van der Waals surface area contributed by atoms with E-state index < -0.39 is 17.7 Å². The van der Waals surface area contributed by atoms with Crippen LogP contribution >= 0.6 is 0 Å². The van der Waals surface area contributed by atoms with Crippen LogP contribution < -0.4 is 15.4 Å². The van der Waals surface area contributed by atoms with Crippen molar-refractivity contribution in [2.45, 2.75) is 37.8 Å². The first-order valence-electron chi connectivity index (χ1n) is 8.18.